The third-order valence-corrected chi connectivity index (χ3v) is 5.45. The average molecular weight is 385 g/mol. The van der Waals surface area contributed by atoms with Crippen molar-refractivity contribution in [2.75, 3.05) is 5.32 Å². The van der Waals surface area contributed by atoms with Gasteiger partial charge in [0.25, 0.3) is 0 Å². The molecule has 0 radical (unpaired) electrons. The van der Waals surface area contributed by atoms with E-state index in [4.69, 9.17) is 0 Å². The van der Waals surface area contributed by atoms with Gasteiger partial charge in [0.2, 0.25) is 16.9 Å². The Labute approximate surface area is 163 Å². The van der Waals surface area contributed by atoms with Crippen LogP contribution in [0.2, 0.25) is 0 Å². The van der Waals surface area contributed by atoms with Crippen molar-refractivity contribution in [1.29, 1.82) is 0 Å². The van der Waals surface area contributed by atoms with Crippen LogP contribution in [0.5, 0.6) is 0 Å². The van der Waals surface area contributed by atoms with Gasteiger partial charge in [-0.15, -0.1) is 10.2 Å². The zero-order chi connectivity index (χ0) is 19.2. The van der Waals surface area contributed by atoms with Gasteiger partial charge in [-0.25, -0.2) is 0 Å². The molecule has 7 heteroatoms. The molecule has 1 unspecified atom stereocenters. The normalized spacial score (nSPS) is 15.5. The van der Waals surface area contributed by atoms with Crippen LogP contribution < -0.4 is 5.32 Å². The number of aryl methyl sites for hydroxylation is 1. The molecule has 2 heterocycles. The SMILES string of the molecule is CCCCCc1nnc(NC(=O)CC2c3ccccc3C=CN2C(C)=O)s1. The molecule has 3 rings (SSSR count). The summed E-state index contributed by atoms with van der Waals surface area (Å²) in [6.45, 7) is 3.67. The second kappa shape index (κ2) is 8.90. The van der Waals surface area contributed by atoms with E-state index in [-0.39, 0.29) is 24.3 Å². The van der Waals surface area contributed by atoms with Gasteiger partial charge in [-0.2, -0.15) is 0 Å². The number of nitrogens with one attached hydrogen (secondary N) is 1. The van der Waals surface area contributed by atoms with Gasteiger partial charge in [0, 0.05) is 19.5 Å². The van der Waals surface area contributed by atoms with Crippen LogP contribution in [0.3, 0.4) is 0 Å². The molecule has 1 aliphatic heterocycles. The van der Waals surface area contributed by atoms with Crippen molar-refractivity contribution in [2.45, 2.75) is 52.0 Å². The number of rotatable bonds is 7. The lowest BCUT2D eigenvalue weighted by Gasteiger charge is -2.32. The van der Waals surface area contributed by atoms with Crippen LogP contribution in [-0.2, 0) is 16.0 Å². The van der Waals surface area contributed by atoms with Gasteiger partial charge in [0.05, 0.1) is 12.5 Å². The molecule has 27 heavy (non-hydrogen) atoms. The summed E-state index contributed by atoms with van der Waals surface area (Å²) < 4.78 is 0. The highest BCUT2D eigenvalue weighted by atomic mass is 32.1. The molecule has 2 amide bonds. The Morgan fingerprint density at radius 1 is 1.22 bits per heavy atom. The Morgan fingerprint density at radius 2 is 2.04 bits per heavy atom. The molecular weight excluding hydrogens is 360 g/mol. The molecule has 1 N–H and O–H groups in total. The monoisotopic (exact) mass is 384 g/mol. The molecule has 1 atom stereocenters. The number of benzene rings is 1. The first-order valence-electron chi connectivity index (χ1n) is 9.26. The van der Waals surface area contributed by atoms with Gasteiger partial charge >= 0.3 is 0 Å². The number of hydrogen-bond donors (Lipinski definition) is 1. The standard InChI is InChI=1S/C20H24N4O2S/c1-3-4-5-10-19-22-23-20(27-19)21-18(26)13-17-16-9-7-6-8-15(16)11-12-24(17)14(2)25/h6-9,11-12,17H,3-5,10,13H2,1-2H3,(H,21,23,26). The summed E-state index contributed by atoms with van der Waals surface area (Å²) >= 11 is 1.42. The van der Waals surface area contributed by atoms with Crippen molar-refractivity contribution < 1.29 is 9.59 Å². The second-order valence-corrected chi connectivity index (χ2v) is 7.66. The molecule has 0 saturated carbocycles. The number of carbonyl (C=O) groups is 2. The van der Waals surface area contributed by atoms with Crippen molar-refractivity contribution in [3.05, 3.63) is 46.6 Å². The third kappa shape index (κ3) is 4.80. The summed E-state index contributed by atoms with van der Waals surface area (Å²) in [5, 5.41) is 12.5. The summed E-state index contributed by atoms with van der Waals surface area (Å²) in [7, 11) is 0. The van der Waals surface area contributed by atoms with Gasteiger partial charge in [-0.3, -0.25) is 9.59 Å². The average Bonchev–Trinajstić information content (AvgIpc) is 3.09. The maximum Gasteiger partial charge on any atom is 0.228 e. The highest BCUT2D eigenvalue weighted by Gasteiger charge is 2.28. The summed E-state index contributed by atoms with van der Waals surface area (Å²) in [6, 6.07) is 7.51. The maximum atomic E-state index is 12.6. The Morgan fingerprint density at radius 3 is 2.81 bits per heavy atom. The van der Waals surface area contributed by atoms with Gasteiger partial charge in [0.15, 0.2) is 0 Å². The fraction of sp³-hybridized carbons (Fsp3) is 0.400. The number of amides is 2. The first kappa shape index (κ1) is 19.2. The van der Waals surface area contributed by atoms with Crippen molar-refractivity contribution in [1.82, 2.24) is 15.1 Å². The van der Waals surface area contributed by atoms with Gasteiger partial charge in [-0.05, 0) is 23.6 Å². The highest BCUT2D eigenvalue weighted by Crippen LogP contribution is 2.33. The van der Waals surface area contributed by atoms with Crippen LogP contribution in [0.25, 0.3) is 6.08 Å². The molecule has 0 spiro atoms. The fourth-order valence-corrected chi connectivity index (χ4v) is 3.99. The minimum atomic E-state index is -0.319. The van der Waals surface area contributed by atoms with Crippen LogP contribution in [0.1, 0.15) is 61.7 Å². The maximum absolute atomic E-state index is 12.6. The Hall–Kier alpha value is -2.54. The van der Waals surface area contributed by atoms with E-state index >= 15 is 0 Å². The lowest BCUT2D eigenvalue weighted by Crippen LogP contribution is -2.33. The third-order valence-electron chi connectivity index (χ3n) is 4.56. The van der Waals surface area contributed by atoms with Crippen molar-refractivity contribution in [3.8, 4) is 0 Å². The molecule has 0 bridgehead atoms. The lowest BCUT2D eigenvalue weighted by atomic mass is 9.93. The minimum absolute atomic E-state index is 0.0901. The van der Waals surface area contributed by atoms with Crippen LogP contribution in [0, 0.1) is 0 Å². The molecule has 0 fully saturated rings. The zero-order valence-corrected chi connectivity index (χ0v) is 16.5. The number of anilines is 1. The molecule has 142 valence electrons. The first-order valence-corrected chi connectivity index (χ1v) is 10.1. The van der Waals surface area contributed by atoms with Crippen LogP contribution in [0.4, 0.5) is 5.13 Å². The van der Waals surface area contributed by atoms with Gasteiger partial charge in [0.1, 0.15) is 5.01 Å². The van der Waals surface area contributed by atoms with Crippen molar-refractivity contribution >= 4 is 34.4 Å². The summed E-state index contributed by atoms with van der Waals surface area (Å²) in [4.78, 5) is 26.2. The minimum Gasteiger partial charge on any atom is -0.311 e. The van der Waals surface area contributed by atoms with Crippen LogP contribution in [0.15, 0.2) is 30.5 Å². The summed E-state index contributed by atoms with van der Waals surface area (Å²) in [6.07, 6.45) is 8.12. The molecule has 6 nitrogen and oxygen atoms in total. The zero-order valence-electron chi connectivity index (χ0n) is 15.6. The summed E-state index contributed by atoms with van der Waals surface area (Å²) in [5.41, 5.74) is 2.00. The number of aromatic nitrogens is 2. The Kier molecular flexibility index (Phi) is 6.34. The highest BCUT2D eigenvalue weighted by molar-refractivity contribution is 7.15. The van der Waals surface area contributed by atoms with E-state index in [1.807, 2.05) is 30.3 Å². The number of hydrogen-bond acceptors (Lipinski definition) is 5. The van der Waals surface area contributed by atoms with Gasteiger partial charge in [-0.1, -0.05) is 55.4 Å². The quantitative estimate of drug-likeness (QED) is 0.727. The first-order chi connectivity index (χ1) is 13.1. The lowest BCUT2D eigenvalue weighted by molar-refractivity contribution is -0.129. The van der Waals surface area contributed by atoms with Gasteiger partial charge < -0.3 is 10.2 Å². The van der Waals surface area contributed by atoms with E-state index in [2.05, 4.69) is 22.4 Å². The molecule has 1 aromatic heterocycles. The number of nitrogens with zero attached hydrogens (tertiary/aromatic N) is 3. The smallest absolute Gasteiger partial charge is 0.228 e. The van der Waals surface area contributed by atoms with E-state index in [1.54, 1.807) is 11.1 Å². The van der Waals surface area contributed by atoms with Crippen LogP contribution in [-0.4, -0.2) is 26.9 Å². The van der Waals surface area contributed by atoms with E-state index in [0.717, 1.165) is 41.8 Å². The van der Waals surface area contributed by atoms with E-state index < -0.39 is 0 Å². The van der Waals surface area contributed by atoms with Crippen molar-refractivity contribution in [2.24, 2.45) is 0 Å². The van der Waals surface area contributed by atoms with E-state index in [1.165, 1.54) is 18.3 Å². The molecule has 1 aliphatic rings. The molecule has 2 aromatic rings. The number of carbonyl (C=O) groups excluding carboxylic acids is 2. The fourth-order valence-electron chi connectivity index (χ4n) is 3.19. The topological polar surface area (TPSA) is 75.2 Å². The number of unbranched alkanes of at least 4 members (excludes halogenated alkanes) is 2. The largest absolute Gasteiger partial charge is 0.311 e. The Bertz CT molecular complexity index is 846. The Balaban J connectivity index is 1.67. The van der Waals surface area contributed by atoms with Crippen molar-refractivity contribution in [3.63, 3.8) is 0 Å². The van der Waals surface area contributed by atoms with E-state index in [0.29, 0.717) is 5.13 Å². The second-order valence-electron chi connectivity index (χ2n) is 6.60. The van der Waals surface area contributed by atoms with E-state index in [9.17, 15) is 9.59 Å². The molecule has 0 aliphatic carbocycles. The van der Waals surface area contributed by atoms with Crippen LogP contribution >= 0.6 is 11.3 Å². The predicted molar refractivity (Wildman–Crippen MR) is 107 cm³/mol. The number of fused-ring (bicyclic) bond motifs is 1. The summed E-state index contributed by atoms with van der Waals surface area (Å²) in [5.74, 6) is -0.264. The predicted octanol–water partition coefficient (Wildman–Crippen LogP) is 4.17. The molecular formula is C20H24N4O2S. The molecule has 1 aromatic carbocycles. The molecule has 0 saturated heterocycles.